The van der Waals surface area contributed by atoms with Gasteiger partial charge in [-0.25, -0.2) is 9.59 Å². The van der Waals surface area contributed by atoms with Crippen LogP contribution in [0.15, 0.2) is 19.5 Å². The summed E-state index contributed by atoms with van der Waals surface area (Å²) in [5.41, 5.74) is 0.603. The Balaban J connectivity index is 3.47. The minimum atomic E-state index is -0.513. The summed E-state index contributed by atoms with van der Waals surface area (Å²) in [5.74, 6) is -1.02. The summed E-state index contributed by atoms with van der Waals surface area (Å²) in [5, 5.41) is 0. The van der Waals surface area contributed by atoms with Gasteiger partial charge in [-0.2, -0.15) is 0 Å². The summed E-state index contributed by atoms with van der Waals surface area (Å²) >= 11 is 9.67. The van der Waals surface area contributed by atoms with Gasteiger partial charge < -0.3 is 9.47 Å². The molecule has 0 spiro atoms. The number of halogens is 3. The minimum Gasteiger partial charge on any atom is -0.465 e. The molecule has 0 saturated heterocycles. The zero-order chi connectivity index (χ0) is 13.2. The molecule has 0 radical (unpaired) electrons. The monoisotopic (exact) mass is 428 g/mol. The van der Waals surface area contributed by atoms with Gasteiger partial charge in [0.05, 0.1) is 25.3 Å². The fourth-order valence-corrected chi connectivity index (χ4v) is 3.06. The van der Waals surface area contributed by atoms with Crippen molar-refractivity contribution >= 4 is 59.7 Å². The minimum absolute atomic E-state index is 0.298. The van der Waals surface area contributed by atoms with Gasteiger partial charge in [0, 0.05) is 13.4 Å². The summed E-state index contributed by atoms with van der Waals surface area (Å²) in [4.78, 5) is 23.0. The lowest BCUT2D eigenvalue weighted by atomic mass is 10.1. The van der Waals surface area contributed by atoms with Crippen molar-refractivity contribution in [1.29, 1.82) is 0 Å². The number of ether oxygens (including phenoxy) is 2. The van der Waals surface area contributed by atoms with Gasteiger partial charge in [0.1, 0.15) is 0 Å². The maximum atomic E-state index is 11.5. The fraction of sp³-hybridized carbons (Fsp3) is 0.200. The molecule has 0 heterocycles. The Morgan fingerprint density at radius 1 is 1.00 bits per heavy atom. The molecule has 0 amide bonds. The van der Waals surface area contributed by atoms with Crippen LogP contribution in [0.25, 0.3) is 0 Å². The number of rotatable bonds is 2. The molecule has 0 aliphatic heterocycles. The van der Waals surface area contributed by atoms with Gasteiger partial charge >= 0.3 is 11.9 Å². The molecule has 0 aliphatic carbocycles. The molecule has 0 saturated carbocycles. The third-order valence-electron chi connectivity index (χ3n) is 1.95. The highest BCUT2D eigenvalue weighted by molar-refractivity contribution is 9.13. The molecule has 1 rings (SSSR count). The van der Waals surface area contributed by atoms with E-state index in [0.29, 0.717) is 24.5 Å². The standard InChI is InChI=1S/C10H7Br3O4/c1-16-9(14)4-3-5(11)6(10(15)17-2)8(13)7(4)12/h3H,1-2H3. The fourth-order valence-electron chi connectivity index (χ4n) is 1.14. The summed E-state index contributed by atoms with van der Waals surface area (Å²) < 4.78 is 10.6. The van der Waals surface area contributed by atoms with Crippen LogP contribution in [-0.2, 0) is 9.47 Å². The van der Waals surface area contributed by atoms with E-state index in [-0.39, 0.29) is 0 Å². The first kappa shape index (κ1) is 14.7. The smallest absolute Gasteiger partial charge is 0.340 e. The van der Waals surface area contributed by atoms with Gasteiger partial charge in [-0.1, -0.05) is 0 Å². The van der Waals surface area contributed by atoms with E-state index in [1.54, 1.807) is 0 Å². The number of carbonyl (C=O) groups is 2. The molecule has 0 unspecified atom stereocenters. The van der Waals surface area contributed by atoms with Crippen molar-refractivity contribution in [2.45, 2.75) is 0 Å². The van der Waals surface area contributed by atoms with Crippen LogP contribution < -0.4 is 0 Å². The van der Waals surface area contributed by atoms with Crippen LogP contribution >= 0.6 is 47.8 Å². The van der Waals surface area contributed by atoms with Crippen molar-refractivity contribution in [3.05, 3.63) is 30.6 Å². The maximum Gasteiger partial charge on any atom is 0.340 e. The Hall–Kier alpha value is -0.400. The van der Waals surface area contributed by atoms with E-state index < -0.39 is 11.9 Å². The van der Waals surface area contributed by atoms with Crippen molar-refractivity contribution in [2.24, 2.45) is 0 Å². The molecule has 0 atom stereocenters. The first-order valence-electron chi connectivity index (χ1n) is 4.28. The van der Waals surface area contributed by atoms with E-state index in [4.69, 9.17) is 0 Å². The second-order valence-electron chi connectivity index (χ2n) is 2.89. The zero-order valence-electron chi connectivity index (χ0n) is 8.84. The van der Waals surface area contributed by atoms with E-state index in [1.165, 1.54) is 20.3 Å². The van der Waals surface area contributed by atoms with Crippen LogP contribution in [0.5, 0.6) is 0 Å². The van der Waals surface area contributed by atoms with E-state index >= 15 is 0 Å². The number of hydrogen-bond acceptors (Lipinski definition) is 4. The first-order chi connectivity index (χ1) is 7.93. The van der Waals surface area contributed by atoms with Crippen molar-refractivity contribution in [3.63, 3.8) is 0 Å². The number of esters is 2. The molecule has 1 aromatic rings. The molecule has 17 heavy (non-hydrogen) atoms. The topological polar surface area (TPSA) is 52.6 Å². The van der Waals surface area contributed by atoms with Crippen LogP contribution in [0.1, 0.15) is 20.7 Å². The predicted octanol–water partition coefficient (Wildman–Crippen LogP) is 3.55. The molecule has 4 nitrogen and oxygen atoms in total. The second kappa shape index (κ2) is 5.97. The highest BCUT2D eigenvalue weighted by Crippen LogP contribution is 2.36. The van der Waals surface area contributed by atoms with Crippen LogP contribution in [0.2, 0.25) is 0 Å². The zero-order valence-corrected chi connectivity index (χ0v) is 13.6. The Morgan fingerprint density at radius 2 is 1.53 bits per heavy atom. The Bertz CT molecular complexity index is 485. The maximum absolute atomic E-state index is 11.5. The van der Waals surface area contributed by atoms with Gasteiger partial charge in [-0.05, 0) is 53.9 Å². The van der Waals surface area contributed by atoms with Gasteiger partial charge in [-0.3, -0.25) is 0 Å². The van der Waals surface area contributed by atoms with Crippen LogP contribution in [-0.4, -0.2) is 26.2 Å². The molecule has 92 valence electrons. The third-order valence-corrected chi connectivity index (χ3v) is 4.73. The highest BCUT2D eigenvalue weighted by atomic mass is 79.9. The predicted molar refractivity (Wildman–Crippen MR) is 72.2 cm³/mol. The molecule has 7 heteroatoms. The highest BCUT2D eigenvalue weighted by Gasteiger charge is 2.23. The SMILES string of the molecule is COC(=O)c1cc(Br)c(C(=O)OC)c(Br)c1Br. The second-order valence-corrected chi connectivity index (χ2v) is 5.33. The van der Waals surface area contributed by atoms with Crippen molar-refractivity contribution in [1.82, 2.24) is 0 Å². The van der Waals surface area contributed by atoms with E-state index in [9.17, 15) is 9.59 Å². The molecule has 1 aromatic carbocycles. The Kier molecular flexibility index (Phi) is 5.15. The molecule has 0 aromatic heterocycles. The van der Waals surface area contributed by atoms with Crippen molar-refractivity contribution in [3.8, 4) is 0 Å². The van der Waals surface area contributed by atoms with Crippen LogP contribution in [0.4, 0.5) is 0 Å². The Labute approximate surface area is 123 Å². The molecule has 0 aliphatic rings. The molecule has 0 fully saturated rings. The normalized spacial score (nSPS) is 9.94. The summed E-state index contributed by atoms with van der Waals surface area (Å²) in [6.45, 7) is 0. The average Bonchev–Trinajstić information content (AvgIpc) is 2.32. The lowest BCUT2D eigenvalue weighted by molar-refractivity contribution is 0.0584. The van der Waals surface area contributed by atoms with Gasteiger partial charge in [0.25, 0.3) is 0 Å². The third kappa shape index (κ3) is 2.89. The lowest BCUT2D eigenvalue weighted by Gasteiger charge is -2.10. The van der Waals surface area contributed by atoms with Crippen molar-refractivity contribution < 1.29 is 19.1 Å². The van der Waals surface area contributed by atoms with E-state index in [0.717, 1.165) is 0 Å². The molecular formula is C10H7Br3O4. The summed E-state index contributed by atoms with van der Waals surface area (Å²) in [6, 6.07) is 1.49. The largest absolute Gasteiger partial charge is 0.465 e. The van der Waals surface area contributed by atoms with Gasteiger partial charge in [0.2, 0.25) is 0 Å². The number of hydrogen-bond donors (Lipinski definition) is 0. The summed E-state index contributed by atoms with van der Waals surface area (Å²) in [7, 11) is 2.56. The van der Waals surface area contributed by atoms with Gasteiger partial charge in [-0.15, -0.1) is 0 Å². The van der Waals surface area contributed by atoms with Crippen LogP contribution in [0, 0.1) is 0 Å². The molecule has 0 bridgehead atoms. The number of methoxy groups -OCH3 is 2. The average molecular weight is 431 g/mol. The lowest BCUT2D eigenvalue weighted by Crippen LogP contribution is -2.08. The quantitative estimate of drug-likeness (QED) is 0.532. The summed E-state index contributed by atoms with van der Waals surface area (Å²) in [6.07, 6.45) is 0. The first-order valence-corrected chi connectivity index (χ1v) is 6.66. The van der Waals surface area contributed by atoms with Crippen LogP contribution in [0.3, 0.4) is 0 Å². The molecule has 0 N–H and O–H groups in total. The van der Waals surface area contributed by atoms with E-state index in [1.807, 2.05) is 0 Å². The van der Waals surface area contributed by atoms with Gasteiger partial charge in [0.15, 0.2) is 0 Å². The number of benzene rings is 1. The van der Waals surface area contributed by atoms with Crippen molar-refractivity contribution in [2.75, 3.05) is 14.2 Å². The Morgan fingerprint density at radius 3 is 2.00 bits per heavy atom. The number of carbonyl (C=O) groups excluding carboxylic acids is 2. The van der Waals surface area contributed by atoms with E-state index in [2.05, 4.69) is 57.3 Å². The molecular weight excluding hydrogens is 424 g/mol.